The first-order valence-electron chi connectivity index (χ1n) is 4.62. The van der Waals surface area contributed by atoms with Gasteiger partial charge in [0.25, 0.3) is 0 Å². The highest BCUT2D eigenvalue weighted by Crippen LogP contribution is 2.31. The lowest BCUT2D eigenvalue weighted by molar-refractivity contribution is 0.0539. The molecule has 1 heterocycles. The third-order valence-corrected chi connectivity index (χ3v) is 2.67. The first-order chi connectivity index (χ1) is 7.04. The molecule has 1 saturated heterocycles. The van der Waals surface area contributed by atoms with Crippen molar-refractivity contribution >= 4 is 0 Å². The molecule has 0 spiro atoms. The van der Waals surface area contributed by atoms with E-state index in [0.29, 0.717) is 6.54 Å². The molecule has 82 valence electrons. The van der Waals surface area contributed by atoms with Crippen LogP contribution in [0.4, 0.5) is 13.2 Å². The maximum atomic E-state index is 13.4. The van der Waals surface area contributed by atoms with Crippen LogP contribution in [0.2, 0.25) is 0 Å². The van der Waals surface area contributed by atoms with Gasteiger partial charge in [-0.2, -0.15) is 0 Å². The second kappa shape index (κ2) is 3.50. The monoisotopic (exact) mass is 217 g/mol. The van der Waals surface area contributed by atoms with Gasteiger partial charge in [-0.1, -0.05) is 6.07 Å². The number of halogens is 3. The molecule has 2 rings (SSSR count). The summed E-state index contributed by atoms with van der Waals surface area (Å²) in [5.41, 5.74) is -1.62. The number of β-amino-alcohol motifs (C(OH)–C–C–N with tert-alkyl or cyclic N) is 1. The quantitative estimate of drug-likeness (QED) is 0.694. The largest absolute Gasteiger partial charge is 0.384 e. The van der Waals surface area contributed by atoms with E-state index >= 15 is 0 Å². The molecule has 2 nitrogen and oxygen atoms in total. The number of benzene rings is 1. The van der Waals surface area contributed by atoms with E-state index in [1.807, 2.05) is 0 Å². The fraction of sp³-hybridized carbons (Fsp3) is 0.400. The molecule has 1 atom stereocenters. The van der Waals surface area contributed by atoms with E-state index in [2.05, 4.69) is 5.32 Å². The highest BCUT2D eigenvalue weighted by atomic mass is 19.2. The minimum Gasteiger partial charge on any atom is -0.384 e. The van der Waals surface area contributed by atoms with Crippen molar-refractivity contribution in [3.05, 3.63) is 35.1 Å². The molecule has 1 aromatic carbocycles. The van der Waals surface area contributed by atoms with Gasteiger partial charge in [-0.3, -0.25) is 0 Å². The third kappa shape index (κ3) is 1.61. The van der Waals surface area contributed by atoms with Crippen molar-refractivity contribution in [2.45, 2.75) is 12.0 Å². The van der Waals surface area contributed by atoms with E-state index in [0.717, 1.165) is 12.1 Å². The molecule has 0 amide bonds. The van der Waals surface area contributed by atoms with Gasteiger partial charge in [0.15, 0.2) is 17.5 Å². The van der Waals surface area contributed by atoms with Crippen LogP contribution < -0.4 is 5.32 Å². The lowest BCUT2D eigenvalue weighted by Gasteiger charge is -2.22. The average Bonchev–Trinajstić information content (AvgIpc) is 2.62. The molecule has 2 N–H and O–H groups in total. The van der Waals surface area contributed by atoms with Gasteiger partial charge in [0, 0.05) is 12.1 Å². The summed E-state index contributed by atoms with van der Waals surface area (Å²) in [6, 6.07) is 1.91. The Hall–Kier alpha value is -1.07. The number of nitrogens with one attached hydrogen (secondary N) is 1. The van der Waals surface area contributed by atoms with Gasteiger partial charge in [-0.15, -0.1) is 0 Å². The fourth-order valence-corrected chi connectivity index (χ4v) is 1.79. The summed E-state index contributed by atoms with van der Waals surface area (Å²) in [5.74, 6) is -4.08. The molecule has 0 radical (unpaired) electrons. The van der Waals surface area contributed by atoms with E-state index in [4.69, 9.17) is 0 Å². The number of aliphatic hydroxyl groups is 1. The summed E-state index contributed by atoms with van der Waals surface area (Å²) >= 11 is 0. The van der Waals surface area contributed by atoms with Crippen LogP contribution in [0.5, 0.6) is 0 Å². The molecular weight excluding hydrogens is 207 g/mol. The maximum absolute atomic E-state index is 13.4. The smallest absolute Gasteiger partial charge is 0.194 e. The molecule has 1 aromatic rings. The Balaban J connectivity index is 2.49. The minimum atomic E-state index is -1.53. The fourth-order valence-electron chi connectivity index (χ4n) is 1.79. The summed E-state index contributed by atoms with van der Waals surface area (Å²) in [7, 11) is 0. The van der Waals surface area contributed by atoms with Crippen molar-refractivity contribution in [3.63, 3.8) is 0 Å². The lowest BCUT2D eigenvalue weighted by Crippen LogP contribution is -2.30. The number of hydrogen-bond donors (Lipinski definition) is 2. The Morgan fingerprint density at radius 3 is 2.53 bits per heavy atom. The summed E-state index contributed by atoms with van der Waals surface area (Å²) in [5, 5.41) is 12.8. The summed E-state index contributed by atoms with van der Waals surface area (Å²) < 4.78 is 38.9. The lowest BCUT2D eigenvalue weighted by atomic mass is 9.92. The average molecular weight is 217 g/mol. The van der Waals surface area contributed by atoms with Crippen LogP contribution in [0.3, 0.4) is 0 Å². The topological polar surface area (TPSA) is 32.3 Å². The molecule has 0 saturated carbocycles. The maximum Gasteiger partial charge on any atom is 0.194 e. The van der Waals surface area contributed by atoms with Crippen LogP contribution in [-0.2, 0) is 5.60 Å². The molecule has 5 heteroatoms. The molecule has 1 aliphatic rings. The molecular formula is C10H10F3NO. The standard InChI is InChI=1S/C10H10F3NO/c11-7-2-1-6(8(12)9(7)13)10(15)3-4-14-5-10/h1-2,14-15H,3-5H2. The normalized spacial score (nSPS) is 25.9. The van der Waals surface area contributed by atoms with Gasteiger partial charge in [0.1, 0.15) is 5.60 Å². The Labute approximate surface area is 84.7 Å². The first kappa shape index (κ1) is 10.4. The Bertz CT molecular complexity index is 388. The van der Waals surface area contributed by atoms with Crippen LogP contribution in [0.1, 0.15) is 12.0 Å². The van der Waals surface area contributed by atoms with Crippen LogP contribution in [0, 0.1) is 17.5 Å². The zero-order valence-electron chi connectivity index (χ0n) is 7.86. The van der Waals surface area contributed by atoms with Gasteiger partial charge in [-0.05, 0) is 19.0 Å². The molecule has 1 aliphatic heterocycles. The van der Waals surface area contributed by atoms with Gasteiger partial charge in [0.05, 0.1) is 0 Å². The van der Waals surface area contributed by atoms with Crippen molar-refractivity contribution in [2.24, 2.45) is 0 Å². The molecule has 0 aromatic heterocycles. The third-order valence-electron chi connectivity index (χ3n) is 2.67. The molecule has 1 fully saturated rings. The first-order valence-corrected chi connectivity index (χ1v) is 4.62. The summed E-state index contributed by atoms with van der Waals surface area (Å²) in [6.07, 6.45) is 0.287. The second-order valence-electron chi connectivity index (χ2n) is 3.68. The van der Waals surface area contributed by atoms with E-state index in [-0.39, 0.29) is 18.5 Å². The van der Waals surface area contributed by atoms with E-state index < -0.39 is 23.1 Å². The molecule has 1 unspecified atom stereocenters. The van der Waals surface area contributed by atoms with Crippen molar-refractivity contribution in [2.75, 3.05) is 13.1 Å². The summed E-state index contributed by atoms with van der Waals surface area (Å²) in [6.45, 7) is 0.671. The predicted octanol–water partition coefficient (Wildman–Crippen LogP) is 1.28. The highest BCUT2D eigenvalue weighted by Gasteiger charge is 2.36. The predicted molar refractivity (Wildman–Crippen MR) is 47.7 cm³/mol. The Morgan fingerprint density at radius 1 is 1.20 bits per heavy atom. The Morgan fingerprint density at radius 2 is 1.93 bits per heavy atom. The van der Waals surface area contributed by atoms with Gasteiger partial charge in [0.2, 0.25) is 0 Å². The van der Waals surface area contributed by atoms with Crippen LogP contribution in [0.25, 0.3) is 0 Å². The highest BCUT2D eigenvalue weighted by molar-refractivity contribution is 5.27. The van der Waals surface area contributed by atoms with Crippen molar-refractivity contribution in [3.8, 4) is 0 Å². The zero-order valence-corrected chi connectivity index (χ0v) is 7.86. The van der Waals surface area contributed by atoms with Crippen molar-refractivity contribution in [1.29, 1.82) is 0 Å². The zero-order chi connectivity index (χ0) is 11.1. The molecule has 15 heavy (non-hydrogen) atoms. The molecule has 0 bridgehead atoms. The second-order valence-corrected chi connectivity index (χ2v) is 3.68. The van der Waals surface area contributed by atoms with Crippen LogP contribution in [0.15, 0.2) is 12.1 Å². The van der Waals surface area contributed by atoms with Gasteiger partial charge >= 0.3 is 0 Å². The summed E-state index contributed by atoms with van der Waals surface area (Å²) in [4.78, 5) is 0. The van der Waals surface area contributed by atoms with Crippen molar-refractivity contribution < 1.29 is 18.3 Å². The van der Waals surface area contributed by atoms with Gasteiger partial charge in [-0.25, -0.2) is 13.2 Å². The van der Waals surface area contributed by atoms with E-state index in [1.165, 1.54) is 0 Å². The van der Waals surface area contributed by atoms with Crippen LogP contribution in [-0.4, -0.2) is 18.2 Å². The SMILES string of the molecule is OC1(c2ccc(F)c(F)c2F)CCNC1. The van der Waals surface area contributed by atoms with Crippen LogP contribution >= 0.6 is 0 Å². The van der Waals surface area contributed by atoms with Crippen molar-refractivity contribution in [1.82, 2.24) is 5.32 Å². The van der Waals surface area contributed by atoms with E-state index in [9.17, 15) is 18.3 Å². The number of hydrogen-bond acceptors (Lipinski definition) is 2. The van der Waals surface area contributed by atoms with E-state index in [1.54, 1.807) is 0 Å². The minimum absolute atomic E-state index is 0.148. The van der Waals surface area contributed by atoms with Gasteiger partial charge < -0.3 is 10.4 Å². The Kier molecular flexibility index (Phi) is 2.44. The number of rotatable bonds is 1. The molecule has 0 aliphatic carbocycles.